The fourth-order valence-corrected chi connectivity index (χ4v) is 3.29. The molecule has 0 aliphatic carbocycles. The highest BCUT2D eigenvalue weighted by Crippen LogP contribution is 2.28. The van der Waals surface area contributed by atoms with E-state index in [1.165, 1.54) is 16.8 Å². The van der Waals surface area contributed by atoms with Crippen LogP contribution >= 0.6 is 0 Å². The Morgan fingerprint density at radius 3 is 2.92 bits per heavy atom. The van der Waals surface area contributed by atoms with Gasteiger partial charge < -0.3 is 11.1 Å². The van der Waals surface area contributed by atoms with Gasteiger partial charge >= 0.3 is 0 Å². The van der Waals surface area contributed by atoms with Crippen LogP contribution in [0.1, 0.15) is 29.6 Å². The molecular weight excluding hydrogens is 338 g/mol. The van der Waals surface area contributed by atoms with Gasteiger partial charge in [-0.25, -0.2) is 13.5 Å². The Balaban J connectivity index is 1.74. The number of nitrogens with two attached hydrogens (primary N) is 1. The number of aromatic nitrogens is 2. The van der Waals surface area contributed by atoms with Gasteiger partial charge in [0.2, 0.25) is 0 Å². The number of fused-ring (bicyclic) bond motifs is 1. The summed E-state index contributed by atoms with van der Waals surface area (Å²) in [6.45, 7) is 0.475. The van der Waals surface area contributed by atoms with E-state index in [4.69, 9.17) is 7.10 Å². The van der Waals surface area contributed by atoms with Crippen molar-refractivity contribution in [2.24, 2.45) is 5.73 Å². The van der Waals surface area contributed by atoms with Gasteiger partial charge in [-0.15, -0.1) is 0 Å². The second-order valence-electron chi connectivity index (χ2n) is 6.38. The number of amides is 1. The van der Waals surface area contributed by atoms with E-state index >= 15 is 0 Å². The number of nitrogens with zero attached hydrogens (tertiary/aromatic N) is 2. The molecular formula is C19H18F2N4O. The highest BCUT2D eigenvalue weighted by molar-refractivity contribution is 6.04. The van der Waals surface area contributed by atoms with E-state index in [2.05, 4.69) is 10.4 Å². The van der Waals surface area contributed by atoms with Gasteiger partial charge in [0.15, 0.2) is 0 Å². The highest BCUT2D eigenvalue weighted by Gasteiger charge is 2.23. The molecule has 2 atom stereocenters. The van der Waals surface area contributed by atoms with Gasteiger partial charge in [0, 0.05) is 26.0 Å². The molecule has 1 aromatic heterocycles. The third kappa shape index (κ3) is 2.94. The molecule has 2 heterocycles. The first-order chi connectivity index (χ1) is 12.9. The Labute approximate surface area is 150 Å². The van der Waals surface area contributed by atoms with E-state index < -0.39 is 23.8 Å². The number of piperidine rings is 1. The van der Waals surface area contributed by atoms with Gasteiger partial charge in [0.05, 0.1) is 5.56 Å². The van der Waals surface area contributed by atoms with Crippen molar-refractivity contribution < 1.29 is 14.9 Å². The van der Waals surface area contributed by atoms with Crippen LogP contribution in [-0.4, -0.2) is 34.9 Å². The van der Waals surface area contributed by atoms with E-state index in [9.17, 15) is 13.6 Å². The van der Waals surface area contributed by atoms with Crippen LogP contribution < -0.4 is 11.1 Å². The maximum atomic E-state index is 14.8. The molecule has 4 rings (SSSR count). The topological polar surface area (TPSA) is 72.9 Å². The average molecular weight is 357 g/mol. The van der Waals surface area contributed by atoms with Crippen molar-refractivity contribution in [2.45, 2.75) is 18.5 Å². The minimum Gasteiger partial charge on any atom is -0.366 e. The Bertz CT molecular complexity index is 1040. The molecule has 3 N–H and O–H groups in total. The summed E-state index contributed by atoms with van der Waals surface area (Å²) in [6, 6.07) is 9.38. The molecule has 0 unspecified atom stereocenters. The van der Waals surface area contributed by atoms with E-state index in [-0.39, 0.29) is 30.8 Å². The molecule has 0 bridgehead atoms. The lowest BCUT2D eigenvalue weighted by Gasteiger charge is -2.26. The van der Waals surface area contributed by atoms with Crippen LogP contribution in [0, 0.1) is 5.82 Å². The van der Waals surface area contributed by atoms with Crippen LogP contribution in [-0.2, 0) is 0 Å². The smallest absolute Gasteiger partial charge is 0.250 e. The van der Waals surface area contributed by atoms with Crippen LogP contribution in [0.15, 0.2) is 42.6 Å². The maximum Gasteiger partial charge on any atom is 0.250 e. The Morgan fingerprint density at radius 1 is 1.35 bits per heavy atom. The summed E-state index contributed by atoms with van der Waals surface area (Å²) in [5.41, 5.74) is 6.60. The molecule has 0 spiro atoms. The number of halogens is 2. The lowest BCUT2D eigenvalue weighted by atomic mass is 9.90. The number of nitrogens with one attached hydrogen (secondary N) is 1. The number of hydrogen-bond donors (Lipinski definition) is 2. The predicted octanol–water partition coefficient (Wildman–Crippen LogP) is 2.68. The SMILES string of the molecule is [2H][C@@]1(c2ccc(-n3cc4cccc(C(N)=O)c4n3)c(F)c2)CNC[C@H](F)C1. The zero-order valence-corrected chi connectivity index (χ0v) is 13.9. The van der Waals surface area contributed by atoms with Crippen LogP contribution in [0.25, 0.3) is 16.6 Å². The number of carbonyl (C=O) groups is 1. The van der Waals surface area contributed by atoms with Crippen molar-refractivity contribution in [3.05, 3.63) is 59.5 Å². The molecule has 1 amide bonds. The third-order valence-corrected chi connectivity index (χ3v) is 4.58. The summed E-state index contributed by atoms with van der Waals surface area (Å²) in [4.78, 5) is 11.6. The van der Waals surface area contributed by atoms with Crippen molar-refractivity contribution >= 4 is 16.8 Å². The predicted molar refractivity (Wildman–Crippen MR) is 94.7 cm³/mol. The Hall–Kier alpha value is -2.80. The summed E-state index contributed by atoms with van der Waals surface area (Å²) < 4.78 is 38.3. The average Bonchev–Trinajstić information content (AvgIpc) is 3.05. The van der Waals surface area contributed by atoms with Crippen molar-refractivity contribution in [3.63, 3.8) is 0 Å². The molecule has 3 aromatic rings. The molecule has 0 saturated carbocycles. The van der Waals surface area contributed by atoms with E-state index in [1.54, 1.807) is 30.5 Å². The van der Waals surface area contributed by atoms with E-state index in [0.29, 0.717) is 16.5 Å². The minimum atomic E-state index is -1.22. The second kappa shape index (κ2) is 6.49. The number of benzene rings is 2. The number of rotatable bonds is 3. The molecule has 1 fully saturated rings. The van der Waals surface area contributed by atoms with Crippen LogP contribution in [0.5, 0.6) is 0 Å². The second-order valence-corrected chi connectivity index (χ2v) is 6.38. The molecule has 0 radical (unpaired) electrons. The maximum absolute atomic E-state index is 14.8. The van der Waals surface area contributed by atoms with Gasteiger partial charge in [-0.05, 0) is 36.1 Å². The normalized spacial score (nSPS) is 23.8. The van der Waals surface area contributed by atoms with Gasteiger partial charge in [-0.3, -0.25) is 4.79 Å². The zero-order valence-electron chi connectivity index (χ0n) is 14.9. The summed E-state index contributed by atoms with van der Waals surface area (Å²) in [7, 11) is 0. The Kier molecular flexibility index (Phi) is 3.86. The molecule has 1 aliphatic rings. The van der Waals surface area contributed by atoms with Gasteiger partial charge in [-0.2, -0.15) is 5.10 Å². The Morgan fingerprint density at radius 2 is 2.19 bits per heavy atom. The molecule has 134 valence electrons. The lowest BCUT2D eigenvalue weighted by Crippen LogP contribution is -2.36. The van der Waals surface area contributed by atoms with Gasteiger partial charge in [0.1, 0.15) is 23.2 Å². The molecule has 26 heavy (non-hydrogen) atoms. The number of hydrogen-bond acceptors (Lipinski definition) is 3. The molecule has 2 aromatic carbocycles. The first-order valence-corrected chi connectivity index (χ1v) is 8.31. The highest BCUT2D eigenvalue weighted by atomic mass is 19.1. The standard InChI is InChI=1S/C19H18F2N4O/c20-14-6-13(8-23-9-14)11-4-5-17(16(21)7-11)25-10-12-2-1-3-15(19(22)26)18(12)24-25/h1-5,7,10,13-14,23H,6,8-9H2,(H2,22,26)/t13-,14+/m0/s1/i13D. The summed E-state index contributed by atoms with van der Waals surface area (Å²) in [5, 5.41) is 7.83. The van der Waals surface area contributed by atoms with E-state index in [0.717, 1.165) is 0 Å². The van der Waals surface area contributed by atoms with Crippen LogP contribution in [0.4, 0.5) is 8.78 Å². The molecule has 1 saturated heterocycles. The largest absolute Gasteiger partial charge is 0.366 e. The van der Waals surface area contributed by atoms with Gasteiger partial charge in [-0.1, -0.05) is 18.2 Å². The van der Waals surface area contributed by atoms with Crippen LogP contribution in [0.2, 0.25) is 0 Å². The fourth-order valence-electron chi connectivity index (χ4n) is 3.29. The number of alkyl halides is 1. The van der Waals surface area contributed by atoms with Gasteiger partial charge in [0.25, 0.3) is 5.91 Å². The monoisotopic (exact) mass is 357 g/mol. The van der Waals surface area contributed by atoms with Crippen molar-refractivity contribution in [1.82, 2.24) is 15.1 Å². The number of primary amides is 1. The third-order valence-electron chi connectivity index (χ3n) is 4.58. The summed E-state index contributed by atoms with van der Waals surface area (Å²) in [6.07, 6.45) is 0.491. The number of carbonyl (C=O) groups excluding carboxylic acids is 1. The molecule has 5 nitrogen and oxygen atoms in total. The zero-order chi connectivity index (χ0) is 19.2. The first kappa shape index (κ1) is 15.5. The molecule has 7 heteroatoms. The van der Waals surface area contributed by atoms with Crippen molar-refractivity contribution in [1.29, 1.82) is 0 Å². The fraction of sp³-hybridized carbons (Fsp3) is 0.263. The quantitative estimate of drug-likeness (QED) is 0.757. The lowest BCUT2D eigenvalue weighted by molar-refractivity contribution is 0.100. The van der Waals surface area contributed by atoms with Crippen molar-refractivity contribution in [2.75, 3.05) is 13.1 Å². The van der Waals surface area contributed by atoms with Crippen LogP contribution in [0.3, 0.4) is 0 Å². The van der Waals surface area contributed by atoms with Crippen molar-refractivity contribution in [3.8, 4) is 5.69 Å². The van der Waals surface area contributed by atoms with E-state index in [1.807, 2.05) is 0 Å². The summed E-state index contributed by atoms with van der Waals surface area (Å²) in [5.74, 6) is -2.40. The molecule has 1 aliphatic heterocycles. The first-order valence-electron chi connectivity index (χ1n) is 8.81. The minimum absolute atomic E-state index is 0.0203. The summed E-state index contributed by atoms with van der Waals surface area (Å²) >= 11 is 0.